The van der Waals surface area contributed by atoms with Gasteiger partial charge >= 0.3 is 0 Å². The van der Waals surface area contributed by atoms with Gasteiger partial charge in [-0.25, -0.2) is 0 Å². The van der Waals surface area contributed by atoms with Crippen LogP contribution in [0.25, 0.3) is 0 Å². The standard InChI is InChI=1S/C15H19N3/c1-2-6-14-12-15(11-13(14)5-1)16-7-3-9-18-10-4-8-17-18/h1-2,4-6,8,10,15-16H,3,7,9,11-12H2. The zero-order valence-corrected chi connectivity index (χ0v) is 10.5. The fraction of sp³-hybridized carbons (Fsp3) is 0.400. The van der Waals surface area contributed by atoms with E-state index in [1.807, 2.05) is 23.1 Å². The van der Waals surface area contributed by atoms with Crippen LogP contribution in [0.15, 0.2) is 42.7 Å². The van der Waals surface area contributed by atoms with E-state index in [0.717, 1.165) is 19.5 Å². The van der Waals surface area contributed by atoms with E-state index in [2.05, 4.69) is 34.7 Å². The Bertz CT molecular complexity index is 465. The van der Waals surface area contributed by atoms with Gasteiger partial charge in [-0.2, -0.15) is 5.10 Å². The maximum atomic E-state index is 4.21. The van der Waals surface area contributed by atoms with Crippen LogP contribution in [0.4, 0.5) is 0 Å². The Morgan fingerprint density at radius 3 is 2.61 bits per heavy atom. The molecule has 94 valence electrons. The number of benzene rings is 1. The van der Waals surface area contributed by atoms with E-state index in [1.165, 1.54) is 24.0 Å². The van der Waals surface area contributed by atoms with Crippen molar-refractivity contribution in [3.63, 3.8) is 0 Å². The number of rotatable bonds is 5. The number of aryl methyl sites for hydroxylation is 1. The molecule has 0 atom stereocenters. The van der Waals surface area contributed by atoms with E-state index < -0.39 is 0 Å². The third-order valence-electron chi connectivity index (χ3n) is 3.61. The second kappa shape index (κ2) is 5.36. The van der Waals surface area contributed by atoms with Gasteiger partial charge in [-0.3, -0.25) is 4.68 Å². The summed E-state index contributed by atoms with van der Waals surface area (Å²) in [6, 6.07) is 11.4. The third kappa shape index (κ3) is 2.62. The Labute approximate surface area is 108 Å². The predicted molar refractivity (Wildman–Crippen MR) is 72.5 cm³/mol. The Morgan fingerprint density at radius 1 is 1.17 bits per heavy atom. The molecule has 3 nitrogen and oxygen atoms in total. The summed E-state index contributed by atoms with van der Waals surface area (Å²) in [6.45, 7) is 2.07. The minimum atomic E-state index is 0.625. The largest absolute Gasteiger partial charge is 0.313 e. The summed E-state index contributed by atoms with van der Waals surface area (Å²) in [5.74, 6) is 0. The SMILES string of the molecule is c1ccc2c(c1)CC(NCCCn1cccn1)C2. The lowest BCUT2D eigenvalue weighted by atomic mass is 10.1. The number of nitrogens with one attached hydrogen (secondary N) is 1. The Hall–Kier alpha value is -1.61. The minimum Gasteiger partial charge on any atom is -0.313 e. The highest BCUT2D eigenvalue weighted by Crippen LogP contribution is 2.21. The molecular formula is C15H19N3. The molecule has 0 aliphatic heterocycles. The van der Waals surface area contributed by atoms with Crippen molar-refractivity contribution in [3.05, 3.63) is 53.9 Å². The molecule has 0 radical (unpaired) electrons. The summed E-state index contributed by atoms with van der Waals surface area (Å²) in [7, 11) is 0. The summed E-state index contributed by atoms with van der Waals surface area (Å²) in [6.07, 6.45) is 7.34. The van der Waals surface area contributed by atoms with Crippen molar-refractivity contribution < 1.29 is 0 Å². The second-order valence-electron chi connectivity index (χ2n) is 4.95. The first-order valence-corrected chi connectivity index (χ1v) is 6.69. The molecule has 1 aliphatic carbocycles. The fourth-order valence-electron chi connectivity index (χ4n) is 2.68. The van der Waals surface area contributed by atoms with Crippen LogP contribution in [0.5, 0.6) is 0 Å². The first-order chi connectivity index (χ1) is 8.92. The predicted octanol–water partition coefficient (Wildman–Crippen LogP) is 2.03. The van der Waals surface area contributed by atoms with Crippen LogP contribution in [0.2, 0.25) is 0 Å². The molecule has 2 aromatic rings. The average molecular weight is 241 g/mol. The molecule has 0 unspecified atom stereocenters. The van der Waals surface area contributed by atoms with Gasteiger partial charge in [0.2, 0.25) is 0 Å². The minimum absolute atomic E-state index is 0.625. The van der Waals surface area contributed by atoms with Crippen LogP contribution in [0.3, 0.4) is 0 Å². The lowest BCUT2D eigenvalue weighted by Crippen LogP contribution is -2.30. The van der Waals surface area contributed by atoms with Gasteiger partial charge < -0.3 is 5.32 Å². The van der Waals surface area contributed by atoms with Crippen molar-refractivity contribution in [1.29, 1.82) is 0 Å². The maximum absolute atomic E-state index is 4.21. The fourth-order valence-corrected chi connectivity index (χ4v) is 2.68. The van der Waals surface area contributed by atoms with E-state index in [4.69, 9.17) is 0 Å². The molecule has 3 rings (SSSR count). The number of hydrogen-bond donors (Lipinski definition) is 1. The van der Waals surface area contributed by atoms with E-state index in [-0.39, 0.29) is 0 Å². The van der Waals surface area contributed by atoms with Crippen LogP contribution in [-0.4, -0.2) is 22.4 Å². The van der Waals surface area contributed by atoms with Gasteiger partial charge in [0.05, 0.1) is 0 Å². The number of fused-ring (bicyclic) bond motifs is 1. The molecule has 0 bridgehead atoms. The van der Waals surface area contributed by atoms with Crippen LogP contribution < -0.4 is 5.32 Å². The summed E-state index contributed by atoms with van der Waals surface area (Å²) >= 11 is 0. The first-order valence-electron chi connectivity index (χ1n) is 6.69. The van der Waals surface area contributed by atoms with Gasteiger partial charge in [0.15, 0.2) is 0 Å². The highest BCUT2D eigenvalue weighted by atomic mass is 15.3. The first kappa shape index (κ1) is 11.5. The summed E-state index contributed by atoms with van der Waals surface area (Å²) in [5, 5.41) is 7.86. The van der Waals surface area contributed by atoms with E-state index in [0.29, 0.717) is 6.04 Å². The van der Waals surface area contributed by atoms with Crippen molar-refractivity contribution in [2.24, 2.45) is 0 Å². The molecule has 0 saturated heterocycles. The van der Waals surface area contributed by atoms with Gasteiger partial charge in [0.1, 0.15) is 0 Å². The smallest absolute Gasteiger partial charge is 0.0489 e. The average Bonchev–Trinajstić information content (AvgIpc) is 3.03. The number of nitrogens with zero attached hydrogens (tertiary/aromatic N) is 2. The molecule has 1 aromatic heterocycles. The van der Waals surface area contributed by atoms with Gasteiger partial charge in [0, 0.05) is 25.0 Å². The van der Waals surface area contributed by atoms with E-state index in [1.54, 1.807) is 0 Å². The second-order valence-corrected chi connectivity index (χ2v) is 4.95. The summed E-state index contributed by atoms with van der Waals surface area (Å²) < 4.78 is 1.99. The molecule has 0 saturated carbocycles. The van der Waals surface area contributed by atoms with Crippen molar-refractivity contribution in [2.75, 3.05) is 6.54 Å². The Kier molecular flexibility index (Phi) is 3.42. The lowest BCUT2D eigenvalue weighted by Gasteiger charge is -2.11. The molecule has 18 heavy (non-hydrogen) atoms. The molecule has 1 aromatic carbocycles. The molecule has 0 amide bonds. The topological polar surface area (TPSA) is 29.9 Å². The molecule has 1 heterocycles. The van der Waals surface area contributed by atoms with Crippen molar-refractivity contribution in [3.8, 4) is 0 Å². The molecule has 0 spiro atoms. The van der Waals surface area contributed by atoms with Crippen molar-refractivity contribution >= 4 is 0 Å². The van der Waals surface area contributed by atoms with Crippen LogP contribution >= 0.6 is 0 Å². The van der Waals surface area contributed by atoms with Gasteiger partial charge in [-0.15, -0.1) is 0 Å². The highest BCUT2D eigenvalue weighted by Gasteiger charge is 2.19. The zero-order chi connectivity index (χ0) is 12.2. The van der Waals surface area contributed by atoms with Crippen molar-refractivity contribution in [1.82, 2.24) is 15.1 Å². The molecular weight excluding hydrogens is 222 g/mol. The molecule has 3 heteroatoms. The molecule has 1 aliphatic rings. The lowest BCUT2D eigenvalue weighted by molar-refractivity contribution is 0.488. The number of aromatic nitrogens is 2. The van der Waals surface area contributed by atoms with Gasteiger partial charge in [-0.1, -0.05) is 24.3 Å². The van der Waals surface area contributed by atoms with Gasteiger partial charge in [0.25, 0.3) is 0 Å². The molecule has 1 N–H and O–H groups in total. The Morgan fingerprint density at radius 2 is 1.94 bits per heavy atom. The van der Waals surface area contributed by atoms with Crippen molar-refractivity contribution in [2.45, 2.75) is 31.8 Å². The summed E-state index contributed by atoms with van der Waals surface area (Å²) in [4.78, 5) is 0. The quantitative estimate of drug-likeness (QED) is 0.812. The monoisotopic (exact) mass is 241 g/mol. The summed E-state index contributed by atoms with van der Waals surface area (Å²) in [5.41, 5.74) is 3.03. The zero-order valence-electron chi connectivity index (χ0n) is 10.5. The maximum Gasteiger partial charge on any atom is 0.0489 e. The van der Waals surface area contributed by atoms with E-state index >= 15 is 0 Å². The van der Waals surface area contributed by atoms with Crippen LogP contribution in [0.1, 0.15) is 17.5 Å². The third-order valence-corrected chi connectivity index (χ3v) is 3.61. The van der Waals surface area contributed by atoms with Crippen LogP contribution in [0, 0.1) is 0 Å². The van der Waals surface area contributed by atoms with Crippen LogP contribution in [-0.2, 0) is 19.4 Å². The Balaban J connectivity index is 1.41. The van der Waals surface area contributed by atoms with Gasteiger partial charge in [-0.05, 0) is 43.0 Å². The number of hydrogen-bond acceptors (Lipinski definition) is 2. The highest BCUT2D eigenvalue weighted by molar-refractivity contribution is 5.33. The van der Waals surface area contributed by atoms with E-state index in [9.17, 15) is 0 Å². The molecule has 0 fully saturated rings. The normalized spacial score (nSPS) is 14.9.